The van der Waals surface area contributed by atoms with Crippen LogP contribution in [0.3, 0.4) is 0 Å². The van der Waals surface area contributed by atoms with E-state index in [0.29, 0.717) is 9.13 Å². The summed E-state index contributed by atoms with van der Waals surface area (Å²) in [6, 6.07) is 5.68. The summed E-state index contributed by atoms with van der Waals surface area (Å²) in [5, 5.41) is 77.1. The second-order valence-corrected chi connectivity index (χ2v) is 13.4. The molecule has 2 aromatic carbocycles. The average molecular weight is 916 g/mol. The second kappa shape index (κ2) is 18.8. The first-order chi connectivity index (χ1) is 30.5. The molecule has 65 heavy (non-hydrogen) atoms. The molecule has 3 heterocycles. The largest absolute Gasteiger partial charge is 0.494 e. The highest BCUT2D eigenvalue weighted by molar-refractivity contribution is 6.28. The maximum atomic E-state index is 13.8. The van der Waals surface area contributed by atoms with Crippen LogP contribution in [0.25, 0.3) is 0 Å². The van der Waals surface area contributed by atoms with Gasteiger partial charge in [-0.1, -0.05) is 0 Å². The summed E-state index contributed by atoms with van der Waals surface area (Å²) in [5.41, 5.74) is 3.08. The van der Waals surface area contributed by atoms with Crippen LogP contribution < -0.4 is 27.9 Å². The quantitative estimate of drug-likeness (QED) is 0.0412. The molecule has 0 bridgehead atoms. The predicted molar refractivity (Wildman–Crippen MR) is 222 cm³/mol. The van der Waals surface area contributed by atoms with Crippen LogP contribution in [-0.2, 0) is 6.54 Å². The fourth-order valence-corrected chi connectivity index (χ4v) is 6.06. The van der Waals surface area contributed by atoms with Crippen molar-refractivity contribution in [1.29, 1.82) is 0 Å². The second-order valence-electron chi connectivity index (χ2n) is 13.1. The summed E-state index contributed by atoms with van der Waals surface area (Å²) >= 11 is 6.11. The van der Waals surface area contributed by atoms with Crippen LogP contribution >= 0.6 is 11.6 Å². The van der Waals surface area contributed by atoms with Crippen LogP contribution in [0.5, 0.6) is 11.8 Å². The zero-order valence-corrected chi connectivity index (χ0v) is 34.1. The summed E-state index contributed by atoms with van der Waals surface area (Å²) in [7, 11) is 0. The lowest BCUT2D eigenvalue weighted by Crippen LogP contribution is -2.29. The number of carboxylic acid groups (broad SMARTS) is 4. The number of aliphatic imine (C=N–C) groups is 1. The molecule has 0 aliphatic heterocycles. The van der Waals surface area contributed by atoms with Crippen molar-refractivity contribution in [2.45, 2.75) is 27.3 Å². The zero-order valence-electron chi connectivity index (χ0n) is 33.3. The Hall–Kier alpha value is -9.27. The van der Waals surface area contributed by atoms with Crippen LogP contribution in [0.4, 0.5) is 34.6 Å². The lowest BCUT2D eigenvalue weighted by atomic mass is 10.1. The molecule has 0 radical (unpaired) electrons. The molecule has 0 saturated heterocycles. The van der Waals surface area contributed by atoms with Gasteiger partial charge in [0.25, 0.3) is 28.9 Å². The Labute approximate surface area is 365 Å². The molecule has 5 aromatic rings. The topological polar surface area (TPSA) is 432 Å². The standard InChI is InChI=1S/C37H30ClN13O14/c1-12-21(25(39)52)27(54)50(29(56)23(12)48-46-19-10-15(31(58)59)4-6-17(19)33(62)63)9-8-41-36-43-35(38)44-37(45-36)42-14(3)51-28(55)22(26(40)53)13(2)24(30(51)57)49-47-20-11-16(32(60)61)5-7-18(20)34(64)65/h4-7,10-11,54-55H,8-9H2,1-3H3,(H2,39,52)(H2,40,53)(H,58,59)(H,60,61)(H,62,63)(H,64,65)(H,41,43,44,45). The Morgan fingerprint density at radius 2 is 1.17 bits per heavy atom. The highest BCUT2D eigenvalue weighted by Crippen LogP contribution is 2.31. The number of nitrogens with two attached hydrogens (primary N) is 2. The van der Waals surface area contributed by atoms with Crippen molar-refractivity contribution >= 4 is 87.8 Å². The smallest absolute Gasteiger partial charge is 0.337 e. The summed E-state index contributed by atoms with van der Waals surface area (Å²) in [5.74, 6) is -11.6. The number of carbonyl (C=O) groups is 6. The number of rotatable bonds is 15. The van der Waals surface area contributed by atoms with E-state index in [0.717, 1.165) is 43.3 Å². The van der Waals surface area contributed by atoms with E-state index in [9.17, 15) is 69.0 Å². The van der Waals surface area contributed by atoms with Crippen molar-refractivity contribution in [1.82, 2.24) is 24.1 Å². The molecule has 0 atom stereocenters. The number of anilines is 1. The molecule has 0 aliphatic rings. The molecule has 0 unspecified atom stereocenters. The molecule has 3 aromatic heterocycles. The fraction of sp³-hybridized carbons (Fsp3) is 0.135. The van der Waals surface area contributed by atoms with Crippen molar-refractivity contribution in [3.63, 3.8) is 0 Å². The third-order valence-electron chi connectivity index (χ3n) is 8.99. The maximum Gasteiger partial charge on any atom is 0.337 e. The van der Waals surface area contributed by atoms with E-state index in [1.54, 1.807) is 0 Å². The molecule has 0 saturated carbocycles. The van der Waals surface area contributed by atoms with Gasteiger partial charge in [-0.25, -0.2) is 23.7 Å². The number of aromatic nitrogens is 5. The van der Waals surface area contributed by atoms with Crippen molar-refractivity contribution in [3.05, 3.63) is 107 Å². The number of nitrogens with zero attached hydrogens (tertiary/aromatic N) is 10. The van der Waals surface area contributed by atoms with E-state index in [1.165, 1.54) is 13.8 Å². The predicted octanol–water partition coefficient (Wildman–Crippen LogP) is 3.41. The van der Waals surface area contributed by atoms with Gasteiger partial charge in [0.2, 0.25) is 23.0 Å². The number of pyridine rings is 2. The number of aromatic hydroxyl groups is 2. The van der Waals surface area contributed by atoms with Gasteiger partial charge in [0.1, 0.15) is 28.3 Å². The lowest BCUT2D eigenvalue weighted by molar-refractivity contribution is 0.0682. The fourth-order valence-electron chi connectivity index (χ4n) is 5.91. The van der Waals surface area contributed by atoms with Gasteiger partial charge >= 0.3 is 23.9 Å². The molecule has 5 rings (SSSR count). The van der Waals surface area contributed by atoms with Gasteiger partial charge in [-0.3, -0.25) is 23.7 Å². The number of amides is 2. The Morgan fingerprint density at radius 3 is 1.63 bits per heavy atom. The number of halogens is 1. The SMILES string of the molecule is CC(=Nc1nc(Cl)nc(NCCn2c(O)c(C(N)=O)c(C)c(N=Nc3cc(C(=O)O)ccc3C(=O)O)c2=O)n1)n1c(O)c(C(N)=O)c(C)c(N=Nc2cc(C(=O)O)ccc2C(=O)O)c1=O. The van der Waals surface area contributed by atoms with E-state index >= 15 is 0 Å². The number of primary amides is 2. The van der Waals surface area contributed by atoms with E-state index in [2.05, 4.69) is 45.7 Å². The van der Waals surface area contributed by atoms with Crippen LogP contribution in [0.2, 0.25) is 5.28 Å². The molecule has 11 N–H and O–H groups in total. The summed E-state index contributed by atoms with van der Waals surface area (Å²) in [6.45, 7) is 2.69. The first-order valence-corrected chi connectivity index (χ1v) is 18.2. The number of benzene rings is 2. The van der Waals surface area contributed by atoms with Crippen LogP contribution in [-0.4, -0.2) is 103 Å². The van der Waals surface area contributed by atoms with E-state index in [-0.39, 0.29) is 34.7 Å². The molecule has 0 spiro atoms. The van der Waals surface area contributed by atoms with Gasteiger partial charge in [0.15, 0.2) is 11.4 Å². The molecule has 334 valence electrons. The van der Waals surface area contributed by atoms with Gasteiger partial charge < -0.3 is 47.4 Å². The molecule has 0 aliphatic carbocycles. The van der Waals surface area contributed by atoms with Crippen LogP contribution in [0, 0.1) is 13.8 Å². The van der Waals surface area contributed by atoms with Crippen LogP contribution in [0.1, 0.15) is 80.2 Å². The number of hydrogen-bond donors (Lipinski definition) is 9. The number of aromatic carboxylic acids is 4. The molecule has 0 fully saturated rings. The molecule has 27 nitrogen and oxygen atoms in total. The van der Waals surface area contributed by atoms with Gasteiger partial charge in [0.05, 0.1) is 22.3 Å². The number of hydrogen-bond acceptors (Lipinski definition) is 19. The molecule has 2 amide bonds. The monoisotopic (exact) mass is 915 g/mol. The Morgan fingerprint density at radius 1 is 0.692 bits per heavy atom. The Kier molecular flexibility index (Phi) is 13.5. The number of nitrogens with one attached hydrogen (secondary N) is 1. The van der Waals surface area contributed by atoms with Gasteiger partial charge in [-0.2, -0.15) is 19.9 Å². The van der Waals surface area contributed by atoms with Crippen molar-refractivity contribution in [2.75, 3.05) is 11.9 Å². The van der Waals surface area contributed by atoms with Crippen molar-refractivity contribution in [2.24, 2.45) is 36.9 Å². The third-order valence-corrected chi connectivity index (χ3v) is 9.16. The first-order valence-electron chi connectivity index (χ1n) is 17.8. The van der Waals surface area contributed by atoms with E-state index in [4.69, 9.17) is 23.1 Å². The summed E-state index contributed by atoms with van der Waals surface area (Å²) in [4.78, 5) is 115. The third kappa shape index (κ3) is 9.78. The minimum atomic E-state index is -1.52. The van der Waals surface area contributed by atoms with Gasteiger partial charge in [-0.15, -0.1) is 20.5 Å². The summed E-state index contributed by atoms with van der Waals surface area (Å²) < 4.78 is 1.11. The first kappa shape index (κ1) is 46.8. The minimum absolute atomic E-state index is 0.254. The molecule has 28 heteroatoms. The van der Waals surface area contributed by atoms with E-state index in [1.807, 2.05) is 0 Å². The van der Waals surface area contributed by atoms with Gasteiger partial charge in [0, 0.05) is 24.2 Å². The number of carboxylic acids is 4. The van der Waals surface area contributed by atoms with Gasteiger partial charge in [-0.05, 0) is 68.8 Å². The van der Waals surface area contributed by atoms with Crippen molar-refractivity contribution in [3.8, 4) is 11.8 Å². The van der Waals surface area contributed by atoms with E-state index < -0.39 is 127 Å². The highest BCUT2D eigenvalue weighted by atomic mass is 35.5. The zero-order chi connectivity index (χ0) is 48.2. The van der Waals surface area contributed by atoms with Crippen LogP contribution in [0.15, 0.2) is 71.4 Å². The van der Waals surface area contributed by atoms with Crippen molar-refractivity contribution < 1.29 is 59.4 Å². The Bertz CT molecular complexity index is 3120. The summed E-state index contributed by atoms with van der Waals surface area (Å²) in [6.07, 6.45) is 0. The number of carbonyl (C=O) groups excluding carboxylic acids is 2. The molecular formula is C37H30ClN13O14. The Balaban J connectivity index is 1.50. The average Bonchev–Trinajstić information content (AvgIpc) is 3.21. The lowest BCUT2D eigenvalue weighted by Gasteiger charge is -2.15. The maximum absolute atomic E-state index is 13.8. The number of azo groups is 2. The highest BCUT2D eigenvalue weighted by Gasteiger charge is 2.26. The minimum Gasteiger partial charge on any atom is -0.494 e. The normalized spacial score (nSPS) is 11.5. The molecular weight excluding hydrogens is 886 g/mol.